The fourth-order valence-electron chi connectivity index (χ4n) is 1.74. The number of halogens is 1. The minimum atomic E-state index is -0.283. The van der Waals surface area contributed by atoms with Gasteiger partial charge in [-0.25, -0.2) is 4.39 Å². The van der Waals surface area contributed by atoms with Crippen molar-refractivity contribution in [3.05, 3.63) is 66.0 Å². The van der Waals surface area contributed by atoms with Gasteiger partial charge in [-0.2, -0.15) is 5.10 Å². The topological polar surface area (TPSA) is 36.4 Å². The van der Waals surface area contributed by atoms with Crippen LogP contribution in [0.2, 0.25) is 0 Å². The van der Waals surface area contributed by atoms with Crippen molar-refractivity contribution in [2.24, 2.45) is 5.10 Å². The maximum atomic E-state index is 12.8. The Hall–Kier alpha value is -2.27. The van der Waals surface area contributed by atoms with Crippen LogP contribution in [0.5, 0.6) is 0 Å². The Kier molecular flexibility index (Phi) is 5.40. The van der Waals surface area contributed by atoms with Crippen LogP contribution in [0.25, 0.3) is 0 Å². The van der Waals surface area contributed by atoms with Gasteiger partial charge in [0.2, 0.25) is 0 Å². The second-order valence-corrected chi connectivity index (χ2v) is 4.96. The number of nitrogens with zero attached hydrogens (tertiary/aromatic N) is 1. The van der Waals surface area contributed by atoms with E-state index in [-0.39, 0.29) is 11.7 Å². The van der Waals surface area contributed by atoms with Crippen molar-refractivity contribution in [2.75, 3.05) is 5.32 Å². The highest BCUT2D eigenvalue weighted by molar-refractivity contribution is 7.80. The molecule has 0 bridgehead atoms. The summed E-state index contributed by atoms with van der Waals surface area (Å²) in [5.74, 6) is -0.0959. The summed E-state index contributed by atoms with van der Waals surface area (Å²) in [4.78, 5) is 0. The van der Waals surface area contributed by atoms with E-state index in [1.807, 2.05) is 30.3 Å². The number of nitrogens with one attached hydrogen (secondary N) is 2. The SMILES string of the molecule is C[C@@H](/C=N\NC(=S)Nc1ccc(F)cc1)c1ccccc1. The number of thiocarbonyl (C=S) groups is 1. The zero-order valence-corrected chi connectivity index (χ0v) is 12.4. The number of hydrogen-bond acceptors (Lipinski definition) is 2. The highest BCUT2D eigenvalue weighted by atomic mass is 32.1. The zero-order valence-electron chi connectivity index (χ0n) is 11.6. The molecular formula is C16H16FN3S. The van der Waals surface area contributed by atoms with E-state index in [0.29, 0.717) is 10.8 Å². The summed E-state index contributed by atoms with van der Waals surface area (Å²) in [6.45, 7) is 2.05. The van der Waals surface area contributed by atoms with Crippen molar-refractivity contribution < 1.29 is 4.39 Å². The van der Waals surface area contributed by atoms with Crippen molar-refractivity contribution in [3.8, 4) is 0 Å². The molecule has 0 aliphatic rings. The summed E-state index contributed by atoms with van der Waals surface area (Å²) in [6.07, 6.45) is 1.79. The van der Waals surface area contributed by atoms with Crippen molar-refractivity contribution >= 4 is 29.2 Å². The Morgan fingerprint density at radius 3 is 2.48 bits per heavy atom. The maximum absolute atomic E-state index is 12.8. The molecule has 0 saturated carbocycles. The number of anilines is 1. The van der Waals surface area contributed by atoms with E-state index in [9.17, 15) is 4.39 Å². The summed E-state index contributed by atoms with van der Waals surface area (Å²) in [7, 11) is 0. The Balaban J connectivity index is 1.83. The van der Waals surface area contributed by atoms with Gasteiger partial charge in [0, 0.05) is 17.8 Å². The van der Waals surface area contributed by atoms with Gasteiger partial charge in [0.25, 0.3) is 0 Å². The molecule has 2 aromatic rings. The molecule has 0 radical (unpaired) electrons. The van der Waals surface area contributed by atoms with Gasteiger partial charge in [0.1, 0.15) is 5.82 Å². The molecule has 21 heavy (non-hydrogen) atoms. The standard InChI is InChI=1S/C16H16FN3S/c1-12(13-5-3-2-4-6-13)11-18-20-16(21)19-15-9-7-14(17)8-10-15/h2-12H,1H3,(H2,19,20,21)/b18-11-/t12-/m0/s1. The second-order valence-electron chi connectivity index (χ2n) is 4.55. The average Bonchev–Trinajstić information content (AvgIpc) is 2.50. The van der Waals surface area contributed by atoms with E-state index in [0.717, 1.165) is 0 Å². The minimum Gasteiger partial charge on any atom is -0.331 e. The normalized spacial score (nSPS) is 12.1. The van der Waals surface area contributed by atoms with Crippen LogP contribution in [0.15, 0.2) is 59.7 Å². The summed E-state index contributed by atoms with van der Waals surface area (Å²) in [5.41, 5.74) is 4.63. The van der Waals surface area contributed by atoms with E-state index in [1.165, 1.54) is 17.7 Å². The molecular weight excluding hydrogens is 285 g/mol. The van der Waals surface area contributed by atoms with Crippen LogP contribution >= 0.6 is 12.2 Å². The lowest BCUT2D eigenvalue weighted by atomic mass is 10.0. The number of rotatable bonds is 4. The average molecular weight is 301 g/mol. The van der Waals surface area contributed by atoms with Gasteiger partial charge >= 0.3 is 0 Å². The van der Waals surface area contributed by atoms with Gasteiger partial charge in [0.15, 0.2) is 5.11 Å². The van der Waals surface area contributed by atoms with Crippen molar-refractivity contribution in [3.63, 3.8) is 0 Å². The smallest absolute Gasteiger partial charge is 0.191 e. The first kappa shape index (κ1) is 15.1. The zero-order chi connectivity index (χ0) is 15.1. The predicted molar refractivity (Wildman–Crippen MR) is 89.1 cm³/mol. The molecule has 0 amide bonds. The summed E-state index contributed by atoms with van der Waals surface area (Å²) < 4.78 is 12.8. The van der Waals surface area contributed by atoms with Crippen LogP contribution in [0.3, 0.4) is 0 Å². The Bertz CT molecular complexity index is 611. The number of hydrogen-bond donors (Lipinski definition) is 2. The number of hydrazone groups is 1. The molecule has 2 aromatic carbocycles. The molecule has 0 spiro atoms. The lowest BCUT2D eigenvalue weighted by molar-refractivity contribution is 0.628. The molecule has 3 nitrogen and oxygen atoms in total. The summed E-state index contributed by atoms with van der Waals surface area (Å²) in [5, 5.41) is 7.39. The van der Waals surface area contributed by atoms with Crippen molar-refractivity contribution in [2.45, 2.75) is 12.8 Å². The van der Waals surface area contributed by atoms with Crippen LogP contribution in [-0.4, -0.2) is 11.3 Å². The molecule has 0 aliphatic heterocycles. The third-order valence-electron chi connectivity index (χ3n) is 2.89. The predicted octanol–water partition coefficient (Wildman–Crippen LogP) is 3.90. The lowest BCUT2D eigenvalue weighted by Gasteiger charge is -2.08. The third-order valence-corrected chi connectivity index (χ3v) is 3.09. The molecule has 2 N–H and O–H groups in total. The highest BCUT2D eigenvalue weighted by Gasteiger charge is 2.01. The maximum Gasteiger partial charge on any atom is 0.191 e. The molecule has 0 unspecified atom stereocenters. The molecule has 0 saturated heterocycles. The van der Waals surface area contributed by atoms with E-state index in [2.05, 4.69) is 22.8 Å². The molecule has 5 heteroatoms. The van der Waals surface area contributed by atoms with Gasteiger partial charge in [-0.05, 0) is 42.0 Å². The molecule has 0 aromatic heterocycles. The summed E-state index contributed by atoms with van der Waals surface area (Å²) in [6, 6.07) is 16.0. The first-order valence-electron chi connectivity index (χ1n) is 6.56. The van der Waals surface area contributed by atoms with Crippen LogP contribution in [0.4, 0.5) is 10.1 Å². The van der Waals surface area contributed by atoms with E-state index < -0.39 is 0 Å². The fraction of sp³-hybridized carbons (Fsp3) is 0.125. The molecule has 0 heterocycles. The number of benzene rings is 2. The van der Waals surface area contributed by atoms with Gasteiger partial charge in [-0.15, -0.1) is 0 Å². The van der Waals surface area contributed by atoms with Crippen LogP contribution < -0.4 is 10.7 Å². The van der Waals surface area contributed by atoms with E-state index in [1.54, 1.807) is 18.3 Å². The van der Waals surface area contributed by atoms with Gasteiger partial charge in [0.05, 0.1) is 0 Å². The van der Waals surface area contributed by atoms with E-state index in [4.69, 9.17) is 12.2 Å². The van der Waals surface area contributed by atoms with Crippen molar-refractivity contribution in [1.82, 2.24) is 5.43 Å². The van der Waals surface area contributed by atoms with Crippen LogP contribution in [0.1, 0.15) is 18.4 Å². The largest absolute Gasteiger partial charge is 0.331 e. The second kappa shape index (κ2) is 7.50. The Morgan fingerprint density at radius 1 is 1.14 bits per heavy atom. The van der Waals surface area contributed by atoms with Gasteiger partial charge in [-0.3, -0.25) is 5.43 Å². The fourth-order valence-corrected chi connectivity index (χ4v) is 1.91. The van der Waals surface area contributed by atoms with E-state index >= 15 is 0 Å². The van der Waals surface area contributed by atoms with Crippen LogP contribution in [0, 0.1) is 5.82 Å². The minimum absolute atomic E-state index is 0.187. The molecule has 0 fully saturated rings. The third kappa shape index (κ3) is 4.96. The lowest BCUT2D eigenvalue weighted by Crippen LogP contribution is -2.24. The molecule has 1 atom stereocenters. The quantitative estimate of drug-likeness (QED) is 0.511. The van der Waals surface area contributed by atoms with Crippen molar-refractivity contribution in [1.29, 1.82) is 0 Å². The highest BCUT2D eigenvalue weighted by Crippen LogP contribution is 2.11. The summed E-state index contributed by atoms with van der Waals surface area (Å²) >= 11 is 5.11. The molecule has 2 rings (SSSR count). The molecule has 108 valence electrons. The first-order chi connectivity index (χ1) is 10.1. The van der Waals surface area contributed by atoms with Crippen LogP contribution in [-0.2, 0) is 0 Å². The Labute approximate surface area is 128 Å². The monoisotopic (exact) mass is 301 g/mol. The van der Waals surface area contributed by atoms with Gasteiger partial charge < -0.3 is 5.32 Å². The van der Waals surface area contributed by atoms with Gasteiger partial charge in [-0.1, -0.05) is 37.3 Å². The Morgan fingerprint density at radius 2 is 1.81 bits per heavy atom. The first-order valence-corrected chi connectivity index (χ1v) is 6.96. The molecule has 0 aliphatic carbocycles.